The minimum absolute atomic E-state index is 0.0429. The normalized spacial score (nSPS) is 19.5. The van der Waals surface area contributed by atoms with Gasteiger partial charge in [0.1, 0.15) is 29.9 Å². The largest absolute Gasteiger partial charge is 0.477 e. The maximum absolute atomic E-state index is 13.0. The van der Waals surface area contributed by atoms with Crippen LogP contribution in [0.4, 0.5) is 15.3 Å². The number of nitrogens with zero attached hydrogens (tertiary/aromatic N) is 7. The zero-order valence-electron chi connectivity index (χ0n) is 18.6. The third-order valence-electron chi connectivity index (χ3n) is 5.51. The van der Waals surface area contributed by atoms with Crippen molar-refractivity contribution in [3.63, 3.8) is 0 Å². The molecule has 5 heterocycles. The number of β-lactam (4-membered cyclic amide) rings is 1. The molecule has 0 bridgehead atoms. The molecule has 18 heteroatoms. The standard InChI is InChI=1S/C19H17FN10O5S2/c20-7-35-26-11(14-24-19(22)37-27-14)15(31)23-12-16(32)30-13(18(33)34)8(6-36-17(12)30)5-28-3-4-29-10(28)2-1-9(21)25-29/h1-4,12,17H,5-7H2,(H5-,21,22,23,24,25,27,31,33,34)/p+1/b26-11-/t12-,17-/m1/s1. The van der Waals surface area contributed by atoms with E-state index in [-0.39, 0.29) is 29.0 Å². The van der Waals surface area contributed by atoms with Crippen molar-refractivity contribution in [3.8, 4) is 0 Å². The second-order valence-electron chi connectivity index (χ2n) is 7.74. The number of fused-ring (bicyclic) bond motifs is 2. The fourth-order valence-corrected chi connectivity index (χ4v) is 5.73. The number of anilines is 2. The first-order valence-corrected chi connectivity index (χ1v) is 12.3. The third-order valence-corrected chi connectivity index (χ3v) is 7.40. The lowest BCUT2D eigenvalue weighted by molar-refractivity contribution is -0.662. The van der Waals surface area contributed by atoms with Gasteiger partial charge in [-0.1, -0.05) is 14.8 Å². The molecule has 5 rings (SSSR count). The van der Waals surface area contributed by atoms with Crippen LogP contribution in [0.5, 0.6) is 0 Å². The highest BCUT2D eigenvalue weighted by Gasteiger charge is 2.54. The molecule has 6 N–H and O–H groups in total. The summed E-state index contributed by atoms with van der Waals surface area (Å²) in [4.78, 5) is 47.3. The fourth-order valence-electron chi connectivity index (χ4n) is 3.96. The number of nitrogens with one attached hydrogen (secondary N) is 1. The number of imidazole rings is 1. The van der Waals surface area contributed by atoms with Crippen LogP contribution in [0.2, 0.25) is 0 Å². The molecule has 0 unspecified atom stereocenters. The molecule has 37 heavy (non-hydrogen) atoms. The van der Waals surface area contributed by atoms with Crippen molar-refractivity contribution in [2.45, 2.75) is 18.0 Å². The monoisotopic (exact) mass is 549 g/mol. The number of carboxylic acid groups (broad SMARTS) is 1. The number of nitrogens with two attached hydrogens (primary N) is 2. The molecule has 1 fully saturated rings. The van der Waals surface area contributed by atoms with Crippen molar-refractivity contribution in [2.75, 3.05) is 24.1 Å². The van der Waals surface area contributed by atoms with Gasteiger partial charge >= 0.3 is 11.6 Å². The van der Waals surface area contributed by atoms with E-state index in [2.05, 4.69) is 29.8 Å². The summed E-state index contributed by atoms with van der Waals surface area (Å²) in [5.74, 6) is -2.39. The predicted octanol–water partition coefficient (Wildman–Crippen LogP) is -1.28. The van der Waals surface area contributed by atoms with Crippen molar-refractivity contribution < 1.29 is 33.3 Å². The van der Waals surface area contributed by atoms with Gasteiger partial charge in [-0.05, 0) is 6.07 Å². The summed E-state index contributed by atoms with van der Waals surface area (Å²) >= 11 is 2.08. The van der Waals surface area contributed by atoms with E-state index >= 15 is 0 Å². The van der Waals surface area contributed by atoms with Gasteiger partial charge in [0, 0.05) is 28.9 Å². The lowest BCUT2D eigenvalue weighted by Crippen LogP contribution is -2.71. The quantitative estimate of drug-likeness (QED) is 0.113. The van der Waals surface area contributed by atoms with Gasteiger partial charge in [-0.3, -0.25) is 14.5 Å². The number of nitrogen functional groups attached to an aromatic ring is 2. The van der Waals surface area contributed by atoms with Crippen LogP contribution in [0.3, 0.4) is 0 Å². The molecular formula is C19H18FN10O5S2+. The van der Waals surface area contributed by atoms with Crippen LogP contribution >= 0.6 is 23.3 Å². The molecule has 2 amide bonds. The Morgan fingerprint density at radius 3 is 2.89 bits per heavy atom. The average molecular weight is 550 g/mol. The van der Waals surface area contributed by atoms with E-state index in [0.717, 1.165) is 16.4 Å². The highest BCUT2D eigenvalue weighted by Crippen LogP contribution is 2.40. The van der Waals surface area contributed by atoms with E-state index < -0.39 is 41.8 Å². The van der Waals surface area contributed by atoms with E-state index in [1.807, 2.05) is 0 Å². The number of carbonyl (C=O) groups excluding carboxylic acids is 2. The van der Waals surface area contributed by atoms with Crippen molar-refractivity contribution in [3.05, 3.63) is 41.6 Å². The van der Waals surface area contributed by atoms with Crippen LogP contribution in [0, 0.1) is 0 Å². The van der Waals surface area contributed by atoms with E-state index in [1.165, 1.54) is 11.8 Å². The predicted molar refractivity (Wildman–Crippen MR) is 127 cm³/mol. The summed E-state index contributed by atoms with van der Waals surface area (Å²) in [5, 5.41) is 19.4. The van der Waals surface area contributed by atoms with Gasteiger partial charge in [0.2, 0.25) is 11.5 Å². The SMILES string of the molecule is Nc1ccc2n(cc[n+]2CC2=C(C(=O)O)N3C(=O)[C@@H](NC(=O)/C(=N\OCF)c4nsc(N)n4)[C@H]3SC2)n1. The summed E-state index contributed by atoms with van der Waals surface area (Å²) < 4.78 is 19.7. The smallest absolute Gasteiger partial charge is 0.352 e. The molecule has 3 aromatic heterocycles. The molecule has 0 radical (unpaired) electrons. The van der Waals surface area contributed by atoms with Gasteiger partial charge in [-0.25, -0.2) is 13.8 Å². The molecular weight excluding hydrogens is 531 g/mol. The Hall–Kier alpha value is -4.32. The van der Waals surface area contributed by atoms with Crippen LogP contribution in [0.1, 0.15) is 5.82 Å². The second kappa shape index (κ2) is 9.62. The number of amides is 2. The average Bonchev–Trinajstić information content (AvgIpc) is 3.47. The number of hydrogen-bond donors (Lipinski definition) is 4. The molecule has 2 aliphatic rings. The van der Waals surface area contributed by atoms with Crippen LogP contribution < -0.4 is 21.4 Å². The highest BCUT2D eigenvalue weighted by molar-refractivity contribution is 8.00. The number of rotatable bonds is 8. The van der Waals surface area contributed by atoms with Gasteiger partial charge in [-0.2, -0.15) is 9.36 Å². The van der Waals surface area contributed by atoms with Gasteiger partial charge in [0.05, 0.1) is 0 Å². The minimum atomic E-state index is -1.31. The Labute approximate surface area is 214 Å². The van der Waals surface area contributed by atoms with Crippen molar-refractivity contribution in [1.82, 2.24) is 29.2 Å². The number of carbonyl (C=O) groups is 3. The zero-order valence-corrected chi connectivity index (χ0v) is 20.3. The minimum Gasteiger partial charge on any atom is -0.477 e. The summed E-state index contributed by atoms with van der Waals surface area (Å²) in [7, 11) is 0. The lowest BCUT2D eigenvalue weighted by atomic mass is 10.0. The molecule has 2 aliphatic heterocycles. The van der Waals surface area contributed by atoms with Crippen molar-refractivity contribution >= 4 is 63.4 Å². The molecule has 1 saturated heterocycles. The number of hydrogen-bond acceptors (Lipinski definition) is 12. The number of halogens is 1. The van der Waals surface area contributed by atoms with E-state index in [9.17, 15) is 23.9 Å². The number of thioether (sulfide) groups is 1. The number of aromatic nitrogens is 5. The first kappa shape index (κ1) is 24.4. The highest BCUT2D eigenvalue weighted by atomic mass is 32.2. The number of aliphatic carboxylic acids is 1. The topological polar surface area (TPSA) is 207 Å². The van der Waals surface area contributed by atoms with Crippen LogP contribution in [-0.4, -0.2) is 76.5 Å². The maximum Gasteiger partial charge on any atom is 0.352 e. The summed E-state index contributed by atoms with van der Waals surface area (Å²) in [6.07, 6.45) is 3.41. The lowest BCUT2D eigenvalue weighted by Gasteiger charge is -2.49. The number of carboxylic acids is 1. The Kier molecular flexibility index (Phi) is 6.34. The van der Waals surface area contributed by atoms with Crippen LogP contribution in [0.25, 0.3) is 5.65 Å². The Balaban J connectivity index is 1.37. The van der Waals surface area contributed by atoms with Gasteiger partial charge < -0.3 is 26.7 Å². The first-order chi connectivity index (χ1) is 17.8. The van der Waals surface area contributed by atoms with Gasteiger partial charge in [0.25, 0.3) is 18.7 Å². The first-order valence-electron chi connectivity index (χ1n) is 10.5. The zero-order chi connectivity index (χ0) is 26.3. The molecule has 192 valence electrons. The molecule has 0 spiro atoms. The molecule has 0 aromatic carbocycles. The van der Waals surface area contributed by atoms with E-state index in [1.54, 1.807) is 33.6 Å². The van der Waals surface area contributed by atoms with E-state index in [0.29, 0.717) is 17.0 Å². The summed E-state index contributed by atoms with van der Waals surface area (Å²) in [6, 6.07) is 2.32. The fraction of sp³-hybridized carbons (Fsp3) is 0.263. The Morgan fingerprint density at radius 1 is 1.38 bits per heavy atom. The molecule has 2 atom stereocenters. The second-order valence-corrected chi connectivity index (χ2v) is 9.63. The molecule has 3 aromatic rings. The van der Waals surface area contributed by atoms with Crippen LogP contribution in [-0.2, 0) is 25.8 Å². The van der Waals surface area contributed by atoms with Crippen molar-refractivity contribution in [1.29, 1.82) is 0 Å². The Morgan fingerprint density at radius 2 is 2.19 bits per heavy atom. The van der Waals surface area contributed by atoms with Gasteiger partial charge in [0.15, 0.2) is 17.1 Å². The van der Waals surface area contributed by atoms with Gasteiger partial charge in [-0.15, -0.1) is 11.8 Å². The third kappa shape index (κ3) is 4.40. The summed E-state index contributed by atoms with van der Waals surface area (Å²) in [5.41, 5.74) is 11.8. The van der Waals surface area contributed by atoms with Crippen molar-refractivity contribution in [2.24, 2.45) is 5.16 Å². The summed E-state index contributed by atoms with van der Waals surface area (Å²) in [6.45, 7) is -1.11. The van der Waals surface area contributed by atoms with E-state index in [4.69, 9.17) is 11.5 Å². The molecule has 15 nitrogen and oxygen atoms in total. The van der Waals surface area contributed by atoms with Crippen LogP contribution in [0.15, 0.2) is 41.0 Å². The Bertz CT molecular complexity index is 1490. The molecule has 0 aliphatic carbocycles. The number of alkyl halides is 1. The number of oxime groups is 1. The maximum atomic E-state index is 13.0. The molecule has 0 saturated carbocycles.